The monoisotopic (exact) mass is 302 g/mol. The van der Waals surface area contributed by atoms with E-state index in [0.29, 0.717) is 24.2 Å². The Bertz CT molecular complexity index is 440. The van der Waals surface area contributed by atoms with Crippen molar-refractivity contribution in [3.05, 3.63) is 35.9 Å². The number of rotatable bonds is 7. The Morgan fingerprint density at radius 2 is 2.14 bits per heavy atom. The van der Waals surface area contributed by atoms with E-state index < -0.39 is 0 Å². The first kappa shape index (κ1) is 17.0. The molecule has 1 aliphatic rings. The Labute approximate surface area is 134 Å². The Hall–Kier alpha value is -1.35. The number of hydrogen-bond donors (Lipinski definition) is 2. The summed E-state index contributed by atoms with van der Waals surface area (Å²) < 4.78 is 0. The van der Waals surface area contributed by atoms with Crippen molar-refractivity contribution < 1.29 is 4.79 Å². The maximum Gasteiger partial charge on any atom is 0.220 e. The molecule has 122 valence electrons. The molecule has 1 saturated heterocycles. The standard InChI is InChI=1S/C19H30N2O/c1-3-16(17-8-5-4-6-9-17)14-21-19(22)12-15(2)18-10-7-11-20-13-18/h4-6,8-9,15-16,18,20H,3,7,10-14H2,1-2H3,(H,21,22). The van der Waals surface area contributed by atoms with Crippen LogP contribution in [0.15, 0.2) is 30.3 Å². The average molecular weight is 302 g/mol. The second kappa shape index (κ2) is 8.94. The number of carbonyl (C=O) groups is 1. The number of hydrogen-bond acceptors (Lipinski definition) is 2. The molecule has 2 rings (SSSR count). The van der Waals surface area contributed by atoms with E-state index >= 15 is 0 Å². The molecule has 1 aromatic carbocycles. The van der Waals surface area contributed by atoms with Crippen molar-refractivity contribution in [3.63, 3.8) is 0 Å². The van der Waals surface area contributed by atoms with E-state index in [0.717, 1.165) is 26.1 Å². The molecule has 3 atom stereocenters. The van der Waals surface area contributed by atoms with Crippen molar-refractivity contribution in [1.29, 1.82) is 0 Å². The van der Waals surface area contributed by atoms with Gasteiger partial charge in [0, 0.05) is 18.9 Å². The fourth-order valence-corrected chi connectivity index (χ4v) is 3.36. The minimum atomic E-state index is 0.201. The normalized spacial score (nSPS) is 21.1. The van der Waals surface area contributed by atoms with Gasteiger partial charge in [0.05, 0.1) is 0 Å². The minimum Gasteiger partial charge on any atom is -0.355 e. The van der Waals surface area contributed by atoms with Gasteiger partial charge in [-0.3, -0.25) is 4.79 Å². The Kier molecular flexibility index (Phi) is 6.91. The smallest absolute Gasteiger partial charge is 0.220 e. The molecule has 22 heavy (non-hydrogen) atoms. The molecule has 0 radical (unpaired) electrons. The fourth-order valence-electron chi connectivity index (χ4n) is 3.36. The summed E-state index contributed by atoms with van der Waals surface area (Å²) in [6.07, 6.45) is 4.19. The van der Waals surface area contributed by atoms with E-state index in [1.54, 1.807) is 0 Å². The summed E-state index contributed by atoms with van der Waals surface area (Å²) in [7, 11) is 0. The van der Waals surface area contributed by atoms with Gasteiger partial charge in [0.2, 0.25) is 5.91 Å². The molecule has 1 aliphatic heterocycles. The predicted octanol–water partition coefficient (Wildman–Crippen LogP) is 3.32. The van der Waals surface area contributed by atoms with Gasteiger partial charge in [0.1, 0.15) is 0 Å². The van der Waals surface area contributed by atoms with Crippen molar-refractivity contribution in [2.75, 3.05) is 19.6 Å². The number of benzene rings is 1. The van der Waals surface area contributed by atoms with Crippen molar-refractivity contribution in [2.24, 2.45) is 11.8 Å². The summed E-state index contributed by atoms with van der Waals surface area (Å²) in [5.74, 6) is 1.73. The van der Waals surface area contributed by atoms with E-state index in [-0.39, 0.29) is 5.91 Å². The van der Waals surface area contributed by atoms with Gasteiger partial charge >= 0.3 is 0 Å². The van der Waals surface area contributed by atoms with Gasteiger partial charge in [0.25, 0.3) is 0 Å². The molecule has 3 unspecified atom stereocenters. The van der Waals surface area contributed by atoms with Gasteiger partial charge in [-0.25, -0.2) is 0 Å². The minimum absolute atomic E-state index is 0.201. The van der Waals surface area contributed by atoms with Crippen molar-refractivity contribution in [3.8, 4) is 0 Å². The Morgan fingerprint density at radius 1 is 1.36 bits per heavy atom. The van der Waals surface area contributed by atoms with Crippen LogP contribution < -0.4 is 10.6 Å². The third-order valence-corrected chi connectivity index (χ3v) is 4.96. The summed E-state index contributed by atoms with van der Waals surface area (Å²) >= 11 is 0. The highest BCUT2D eigenvalue weighted by Crippen LogP contribution is 2.23. The van der Waals surface area contributed by atoms with Crippen LogP contribution in [0.2, 0.25) is 0 Å². The Morgan fingerprint density at radius 3 is 2.77 bits per heavy atom. The molecule has 3 heteroatoms. The van der Waals surface area contributed by atoms with Crippen LogP contribution in [0.4, 0.5) is 0 Å². The second-order valence-electron chi connectivity index (χ2n) is 6.61. The molecule has 0 aromatic heterocycles. The molecule has 1 amide bonds. The fraction of sp³-hybridized carbons (Fsp3) is 0.632. The van der Waals surface area contributed by atoms with E-state index in [1.165, 1.54) is 18.4 Å². The lowest BCUT2D eigenvalue weighted by Crippen LogP contribution is -2.36. The Balaban J connectivity index is 1.76. The zero-order valence-corrected chi connectivity index (χ0v) is 14.0. The summed E-state index contributed by atoms with van der Waals surface area (Å²) in [5.41, 5.74) is 1.31. The quantitative estimate of drug-likeness (QED) is 0.811. The third-order valence-electron chi connectivity index (χ3n) is 4.96. The van der Waals surface area contributed by atoms with Gasteiger partial charge < -0.3 is 10.6 Å². The molecule has 1 heterocycles. The first-order valence-corrected chi connectivity index (χ1v) is 8.73. The van der Waals surface area contributed by atoms with Gasteiger partial charge in [-0.1, -0.05) is 44.2 Å². The van der Waals surface area contributed by atoms with E-state index in [4.69, 9.17) is 0 Å². The zero-order chi connectivity index (χ0) is 15.8. The molecule has 0 saturated carbocycles. The van der Waals surface area contributed by atoms with Crippen LogP contribution in [0, 0.1) is 11.8 Å². The van der Waals surface area contributed by atoms with Crippen LogP contribution in [0.3, 0.4) is 0 Å². The molecule has 1 aromatic rings. The van der Waals surface area contributed by atoms with Crippen LogP contribution >= 0.6 is 0 Å². The molecule has 0 bridgehead atoms. The van der Waals surface area contributed by atoms with Crippen LogP contribution in [-0.4, -0.2) is 25.5 Å². The zero-order valence-electron chi connectivity index (χ0n) is 14.0. The second-order valence-corrected chi connectivity index (χ2v) is 6.61. The van der Waals surface area contributed by atoms with Crippen LogP contribution in [0.1, 0.15) is 51.0 Å². The first-order valence-electron chi connectivity index (χ1n) is 8.73. The lowest BCUT2D eigenvalue weighted by atomic mass is 9.85. The van der Waals surface area contributed by atoms with E-state index in [2.05, 4.69) is 48.7 Å². The molecular formula is C19H30N2O. The van der Waals surface area contributed by atoms with Crippen LogP contribution in [0.5, 0.6) is 0 Å². The van der Waals surface area contributed by atoms with Crippen molar-refractivity contribution in [2.45, 2.75) is 45.4 Å². The number of piperidine rings is 1. The van der Waals surface area contributed by atoms with Crippen molar-refractivity contribution in [1.82, 2.24) is 10.6 Å². The number of carbonyl (C=O) groups excluding carboxylic acids is 1. The van der Waals surface area contributed by atoms with Gasteiger partial charge in [-0.05, 0) is 49.8 Å². The highest BCUT2D eigenvalue weighted by atomic mass is 16.1. The average Bonchev–Trinajstić information content (AvgIpc) is 2.57. The largest absolute Gasteiger partial charge is 0.355 e. The highest BCUT2D eigenvalue weighted by molar-refractivity contribution is 5.76. The van der Waals surface area contributed by atoms with E-state index in [9.17, 15) is 4.79 Å². The van der Waals surface area contributed by atoms with Gasteiger partial charge in [-0.2, -0.15) is 0 Å². The van der Waals surface area contributed by atoms with E-state index in [1.807, 2.05) is 6.07 Å². The lowest BCUT2D eigenvalue weighted by molar-refractivity contribution is -0.122. The maximum absolute atomic E-state index is 12.2. The van der Waals surface area contributed by atoms with Crippen LogP contribution in [-0.2, 0) is 4.79 Å². The predicted molar refractivity (Wildman–Crippen MR) is 91.9 cm³/mol. The molecule has 1 fully saturated rings. The molecule has 0 spiro atoms. The third kappa shape index (κ3) is 5.13. The molecular weight excluding hydrogens is 272 g/mol. The summed E-state index contributed by atoms with van der Waals surface area (Å²) in [4.78, 5) is 12.2. The number of amides is 1. The SMILES string of the molecule is CCC(CNC(=O)CC(C)C1CCCNC1)c1ccccc1. The van der Waals surface area contributed by atoms with Crippen molar-refractivity contribution >= 4 is 5.91 Å². The summed E-state index contributed by atoms with van der Waals surface area (Å²) in [5, 5.41) is 6.58. The topological polar surface area (TPSA) is 41.1 Å². The number of nitrogens with one attached hydrogen (secondary N) is 2. The first-order chi connectivity index (χ1) is 10.7. The molecule has 0 aliphatic carbocycles. The highest BCUT2D eigenvalue weighted by Gasteiger charge is 2.22. The lowest BCUT2D eigenvalue weighted by Gasteiger charge is -2.28. The maximum atomic E-state index is 12.2. The van der Waals surface area contributed by atoms with Crippen LogP contribution in [0.25, 0.3) is 0 Å². The summed E-state index contributed by atoms with van der Waals surface area (Å²) in [6.45, 7) is 7.33. The van der Waals surface area contributed by atoms with Gasteiger partial charge in [0.15, 0.2) is 0 Å². The van der Waals surface area contributed by atoms with Gasteiger partial charge in [-0.15, -0.1) is 0 Å². The molecule has 3 nitrogen and oxygen atoms in total. The molecule has 2 N–H and O–H groups in total. The summed E-state index contributed by atoms with van der Waals surface area (Å²) in [6, 6.07) is 10.5.